The SMILES string of the molecule is O=c1[nH]c2cccnc2n1CCN1CCNCC1. The van der Waals surface area contributed by atoms with Crippen LogP contribution in [0.2, 0.25) is 0 Å². The summed E-state index contributed by atoms with van der Waals surface area (Å²) in [6.45, 7) is 5.73. The Hall–Kier alpha value is -1.66. The van der Waals surface area contributed by atoms with E-state index >= 15 is 0 Å². The lowest BCUT2D eigenvalue weighted by atomic mass is 10.3. The molecule has 0 aromatic carbocycles. The Kier molecular flexibility index (Phi) is 3.12. The number of hydrogen-bond acceptors (Lipinski definition) is 4. The van der Waals surface area contributed by atoms with E-state index in [0.29, 0.717) is 6.54 Å². The molecule has 2 aromatic rings. The van der Waals surface area contributed by atoms with E-state index in [4.69, 9.17) is 0 Å². The molecule has 3 rings (SSSR count). The van der Waals surface area contributed by atoms with Gasteiger partial charge in [-0.25, -0.2) is 9.78 Å². The number of nitrogens with zero attached hydrogens (tertiary/aromatic N) is 3. The van der Waals surface area contributed by atoms with Crippen molar-refractivity contribution >= 4 is 11.2 Å². The van der Waals surface area contributed by atoms with Crippen LogP contribution < -0.4 is 11.0 Å². The van der Waals surface area contributed by atoms with Crippen molar-refractivity contribution in [1.82, 2.24) is 24.8 Å². The topological polar surface area (TPSA) is 66.0 Å². The van der Waals surface area contributed by atoms with Gasteiger partial charge in [-0.2, -0.15) is 0 Å². The van der Waals surface area contributed by atoms with Gasteiger partial charge in [-0.05, 0) is 12.1 Å². The lowest BCUT2D eigenvalue weighted by Gasteiger charge is -2.26. The fourth-order valence-corrected chi connectivity index (χ4v) is 2.37. The molecule has 1 aliphatic rings. The summed E-state index contributed by atoms with van der Waals surface area (Å²) in [6, 6.07) is 3.71. The average molecular weight is 247 g/mol. The molecule has 0 atom stereocenters. The average Bonchev–Trinajstić information content (AvgIpc) is 2.73. The molecule has 0 radical (unpaired) electrons. The highest BCUT2D eigenvalue weighted by atomic mass is 16.1. The third-order valence-electron chi connectivity index (χ3n) is 3.38. The van der Waals surface area contributed by atoms with Crippen molar-refractivity contribution in [2.75, 3.05) is 32.7 Å². The van der Waals surface area contributed by atoms with Crippen molar-refractivity contribution in [3.63, 3.8) is 0 Å². The van der Waals surface area contributed by atoms with Crippen LogP contribution in [0.3, 0.4) is 0 Å². The van der Waals surface area contributed by atoms with Gasteiger partial charge in [-0.15, -0.1) is 0 Å². The Bertz CT molecular complexity index is 581. The molecule has 18 heavy (non-hydrogen) atoms. The number of fused-ring (bicyclic) bond motifs is 1. The van der Waals surface area contributed by atoms with Gasteiger partial charge in [0.2, 0.25) is 0 Å². The number of rotatable bonds is 3. The maximum absolute atomic E-state index is 11.8. The summed E-state index contributed by atoms with van der Waals surface area (Å²) in [5, 5.41) is 3.32. The van der Waals surface area contributed by atoms with E-state index in [-0.39, 0.29) is 5.69 Å². The van der Waals surface area contributed by atoms with Crippen LogP contribution >= 0.6 is 0 Å². The van der Waals surface area contributed by atoms with Crippen LogP contribution in [0.1, 0.15) is 0 Å². The number of aromatic nitrogens is 3. The summed E-state index contributed by atoms with van der Waals surface area (Å²) in [4.78, 5) is 21.3. The zero-order valence-corrected chi connectivity index (χ0v) is 10.2. The fourth-order valence-electron chi connectivity index (χ4n) is 2.37. The van der Waals surface area contributed by atoms with Gasteiger partial charge < -0.3 is 10.3 Å². The van der Waals surface area contributed by atoms with Crippen LogP contribution in [0.5, 0.6) is 0 Å². The normalized spacial score (nSPS) is 17.3. The molecular formula is C12H17N5O. The monoisotopic (exact) mass is 247 g/mol. The standard InChI is InChI=1S/C12H17N5O/c18-12-15-10-2-1-3-14-11(10)17(12)9-8-16-6-4-13-5-7-16/h1-3,13H,4-9H2,(H,15,18). The first-order valence-corrected chi connectivity index (χ1v) is 6.31. The van der Waals surface area contributed by atoms with E-state index in [1.54, 1.807) is 10.8 Å². The molecule has 96 valence electrons. The number of imidazole rings is 1. The highest BCUT2D eigenvalue weighted by molar-refractivity contribution is 5.69. The lowest BCUT2D eigenvalue weighted by molar-refractivity contribution is 0.232. The van der Waals surface area contributed by atoms with Crippen molar-refractivity contribution in [3.8, 4) is 0 Å². The molecule has 2 N–H and O–H groups in total. The van der Waals surface area contributed by atoms with Gasteiger partial charge >= 0.3 is 5.69 Å². The second-order valence-corrected chi connectivity index (χ2v) is 4.55. The largest absolute Gasteiger partial charge is 0.327 e. The van der Waals surface area contributed by atoms with Gasteiger partial charge in [-0.1, -0.05) is 0 Å². The first-order chi connectivity index (χ1) is 8.84. The Morgan fingerprint density at radius 2 is 2.11 bits per heavy atom. The van der Waals surface area contributed by atoms with Gasteiger partial charge in [0.25, 0.3) is 0 Å². The number of H-pyrrole nitrogens is 1. The van der Waals surface area contributed by atoms with Crippen LogP contribution in [0.25, 0.3) is 11.2 Å². The summed E-state index contributed by atoms with van der Waals surface area (Å²) < 4.78 is 1.72. The highest BCUT2D eigenvalue weighted by Gasteiger charge is 2.11. The smallest absolute Gasteiger partial charge is 0.314 e. The Morgan fingerprint density at radius 1 is 1.28 bits per heavy atom. The summed E-state index contributed by atoms with van der Waals surface area (Å²) >= 11 is 0. The van der Waals surface area contributed by atoms with E-state index in [1.165, 1.54) is 0 Å². The highest BCUT2D eigenvalue weighted by Crippen LogP contribution is 2.05. The van der Waals surface area contributed by atoms with Gasteiger partial charge in [0, 0.05) is 45.5 Å². The van der Waals surface area contributed by atoms with Gasteiger partial charge in [0.05, 0.1) is 5.52 Å². The molecule has 0 saturated carbocycles. The van der Waals surface area contributed by atoms with E-state index in [2.05, 4.69) is 20.2 Å². The van der Waals surface area contributed by atoms with Crippen LogP contribution in [0.15, 0.2) is 23.1 Å². The molecule has 0 spiro atoms. The Morgan fingerprint density at radius 3 is 2.94 bits per heavy atom. The van der Waals surface area contributed by atoms with Crippen LogP contribution in [-0.2, 0) is 6.54 Å². The van der Waals surface area contributed by atoms with E-state index in [9.17, 15) is 4.79 Å². The minimum atomic E-state index is -0.0705. The first kappa shape index (κ1) is 11.4. The van der Waals surface area contributed by atoms with Crippen molar-refractivity contribution in [2.45, 2.75) is 6.54 Å². The predicted molar refractivity (Wildman–Crippen MR) is 69.7 cm³/mol. The number of pyridine rings is 1. The fraction of sp³-hybridized carbons (Fsp3) is 0.500. The second-order valence-electron chi connectivity index (χ2n) is 4.55. The molecule has 1 aliphatic heterocycles. The molecule has 0 bridgehead atoms. The minimum Gasteiger partial charge on any atom is -0.314 e. The van der Waals surface area contributed by atoms with E-state index < -0.39 is 0 Å². The second kappa shape index (κ2) is 4.91. The molecule has 1 fully saturated rings. The van der Waals surface area contributed by atoms with Gasteiger partial charge in [0.15, 0.2) is 5.65 Å². The first-order valence-electron chi connectivity index (χ1n) is 6.31. The lowest BCUT2D eigenvalue weighted by Crippen LogP contribution is -2.45. The molecule has 0 aliphatic carbocycles. The van der Waals surface area contributed by atoms with Crippen molar-refractivity contribution in [3.05, 3.63) is 28.8 Å². The Labute approximate surface area is 105 Å². The molecule has 0 amide bonds. The van der Waals surface area contributed by atoms with E-state index in [1.807, 2.05) is 12.1 Å². The number of aromatic amines is 1. The van der Waals surface area contributed by atoms with Crippen molar-refractivity contribution < 1.29 is 0 Å². The molecule has 6 nitrogen and oxygen atoms in total. The molecule has 3 heterocycles. The third-order valence-corrected chi connectivity index (χ3v) is 3.38. The Balaban J connectivity index is 1.77. The van der Waals surface area contributed by atoms with Crippen LogP contribution in [0.4, 0.5) is 0 Å². The summed E-state index contributed by atoms with van der Waals surface area (Å²) in [6.07, 6.45) is 1.72. The summed E-state index contributed by atoms with van der Waals surface area (Å²) in [5.41, 5.74) is 1.49. The third kappa shape index (κ3) is 2.16. The maximum Gasteiger partial charge on any atom is 0.327 e. The van der Waals surface area contributed by atoms with E-state index in [0.717, 1.165) is 43.9 Å². The quantitative estimate of drug-likeness (QED) is 0.776. The molecule has 1 saturated heterocycles. The molecule has 0 unspecified atom stereocenters. The maximum atomic E-state index is 11.8. The number of nitrogens with one attached hydrogen (secondary N) is 2. The van der Waals surface area contributed by atoms with Crippen molar-refractivity contribution in [2.24, 2.45) is 0 Å². The minimum absolute atomic E-state index is 0.0705. The summed E-state index contributed by atoms with van der Waals surface area (Å²) in [5.74, 6) is 0. The predicted octanol–water partition coefficient (Wildman–Crippen LogP) is -0.370. The molecular weight excluding hydrogens is 230 g/mol. The van der Waals surface area contributed by atoms with Crippen LogP contribution in [-0.4, -0.2) is 52.2 Å². The zero-order valence-electron chi connectivity index (χ0n) is 10.2. The van der Waals surface area contributed by atoms with Gasteiger partial charge in [-0.3, -0.25) is 9.47 Å². The molecule has 6 heteroatoms. The molecule has 2 aromatic heterocycles. The van der Waals surface area contributed by atoms with Gasteiger partial charge in [0.1, 0.15) is 0 Å². The number of hydrogen-bond donors (Lipinski definition) is 2. The summed E-state index contributed by atoms with van der Waals surface area (Å²) in [7, 11) is 0. The number of piperazine rings is 1. The van der Waals surface area contributed by atoms with Crippen molar-refractivity contribution in [1.29, 1.82) is 0 Å². The zero-order chi connectivity index (χ0) is 12.4. The van der Waals surface area contributed by atoms with Crippen LogP contribution in [0, 0.1) is 0 Å².